The summed E-state index contributed by atoms with van der Waals surface area (Å²) in [5.41, 5.74) is 1.57. The minimum atomic E-state index is -3.52. The van der Waals surface area contributed by atoms with Gasteiger partial charge in [0.2, 0.25) is 10.0 Å². The van der Waals surface area contributed by atoms with Crippen LogP contribution in [0.3, 0.4) is 0 Å². The van der Waals surface area contributed by atoms with E-state index in [0.717, 1.165) is 5.56 Å². The van der Waals surface area contributed by atoms with Crippen molar-refractivity contribution in [1.29, 1.82) is 0 Å². The van der Waals surface area contributed by atoms with E-state index in [1.165, 1.54) is 4.31 Å². The van der Waals surface area contributed by atoms with Crippen molar-refractivity contribution in [3.05, 3.63) is 66.2 Å². The van der Waals surface area contributed by atoms with Crippen molar-refractivity contribution in [2.75, 3.05) is 10.1 Å². The lowest BCUT2D eigenvalue weighted by atomic mass is 10.2. The van der Waals surface area contributed by atoms with Gasteiger partial charge in [-0.05, 0) is 24.1 Å². The lowest BCUT2D eigenvalue weighted by Gasteiger charge is -2.25. The van der Waals surface area contributed by atoms with Crippen molar-refractivity contribution >= 4 is 38.9 Å². The molecule has 0 aromatic heterocycles. The third-order valence-corrected chi connectivity index (χ3v) is 6.68. The first-order chi connectivity index (χ1) is 10.9. The monoisotopic (exact) mass is 369 g/mol. The first-order valence-electron chi connectivity index (χ1n) is 7.36. The minimum Gasteiger partial charge on any atom is -0.266 e. The molecule has 0 unspecified atom stereocenters. The summed E-state index contributed by atoms with van der Waals surface area (Å²) in [4.78, 5) is 0. The van der Waals surface area contributed by atoms with Crippen molar-refractivity contribution in [2.45, 2.75) is 17.3 Å². The molecule has 0 aliphatic heterocycles. The Morgan fingerprint density at radius 1 is 1.00 bits per heavy atom. The van der Waals surface area contributed by atoms with Gasteiger partial charge in [0.1, 0.15) is 4.33 Å². The summed E-state index contributed by atoms with van der Waals surface area (Å²) in [5, 5.41) is 0. The highest BCUT2D eigenvalue weighted by molar-refractivity contribution is 7.92. The summed E-state index contributed by atoms with van der Waals surface area (Å²) in [6, 6.07) is 18.6. The topological polar surface area (TPSA) is 37.4 Å². The molecule has 0 spiro atoms. The normalized spacial score (nSPS) is 19.3. The van der Waals surface area contributed by atoms with E-state index in [1.54, 1.807) is 12.1 Å². The molecule has 1 aliphatic rings. The molecule has 2 aromatic carbocycles. The summed E-state index contributed by atoms with van der Waals surface area (Å²) in [6.45, 7) is 0.289. The standard InChI is InChI=1S/C17H17Cl2NO2S/c18-17(19)11-15(17)13-23(21,22)20(16-9-5-2-6-10-16)12-14-7-3-1-4-8-14/h1-10,15H,11-13H2/t15-/m0/s1. The van der Waals surface area contributed by atoms with Crippen LogP contribution in [0.4, 0.5) is 5.69 Å². The van der Waals surface area contributed by atoms with Crippen molar-refractivity contribution in [3.8, 4) is 0 Å². The number of halogens is 2. The molecule has 0 amide bonds. The molecule has 0 saturated heterocycles. The summed E-state index contributed by atoms with van der Waals surface area (Å²) in [7, 11) is -3.52. The Morgan fingerprint density at radius 2 is 1.52 bits per heavy atom. The van der Waals surface area contributed by atoms with Crippen LogP contribution in [0.15, 0.2) is 60.7 Å². The fourth-order valence-electron chi connectivity index (χ4n) is 2.49. The third kappa shape index (κ3) is 4.00. The lowest BCUT2D eigenvalue weighted by Crippen LogP contribution is -2.33. The average molecular weight is 370 g/mol. The Labute approximate surface area is 146 Å². The van der Waals surface area contributed by atoms with Gasteiger partial charge in [-0.3, -0.25) is 4.31 Å². The molecule has 122 valence electrons. The molecule has 2 aromatic rings. The van der Waals surface area contributed by atoms with Gasteiger partial charge in [-0.1, -0.05) is 48.5 Å². The van der Waals surface area contributed by atoms with Crippen LogP contribution in [0, 0.1) is 5.92 Å². The number of nitrogens with zero attached hydrogens (tertiary/aromatic N) is 1. The van der Waals surface area contributed by atoms with Crippen LogP contribution in [-0.4, -0.2) is 18.5 Å². The highest BCUT2D eigenvalue weighted by atomic mass is 35.5. The molecule has 3 rings (SSSR count). The molecule has 0 heterocycles. The van der Waals surface area contributed by atoms with Crippen LogP contribution in [0.25, 0.3) is 0 Å². The highest BCUT2D eigenvalue weighted by Gasteiger charge is 2.54. The average Bonchev–Trinajstić information content (AvgIpc) is 3.12. The Kier molecular flexibility index (Phi) is 4.59. The predicted octanol–water partition coefficient (Wildman–Crippen LogP) is 4.22. The second-order valence-corrected chi connectivity index (χ2v) is 9.25. The van der Waals surface area contributed by atoms with Gasteiger partial charge in [0.25, 0.3) is 0 Å². The van der Waals surface area contributed by atoms with E-state index in [9.17, 15) is 8.42 Å². The van der Waals surface area contributed by atoms with Gasteiger partial charge in [-0.25, -0.2) is 8.42 Å². The molecule has 3 nitrogen and oxygen atoms in total. The van der Waals surface area contributed by atoms with Crippen molar-refractivity contribution in [1.82, 2.24) is 0 Å². The molecule has 0 N–H and O–H groups in total. The zero-order valence-corrected chi connectivity index (χ0v) is 14.7. The summed E-state index contributed by atoms with van der Waals surface area (Å²) < 4.78 is 26.3. The van der Waals surface area contributed by atoms with Gasteiger partial charge >= 0.3 is 0 Å². The number of hydrogen-bond donors (Lipinski definition) is 0. The van der Waals surface area contributed by atoms with Crippen molar-refractivity contribution in [3.63, 3.8) is 0 Å². The first kappa shape index (κ1) is 16.6. The summed E-state index contributed by atoms with van der Waals surface area (Å²) >= 11 is 12.0. The van der Waals surface area contributed by atoms with E-state index in [1.807, 2.05) is 48.5 Å². The van der Waals surface area contributed by atoms with Gasteiger partial charge in [-0.15, -0.1) is 23.2 Å². The predicted molar refractivity (Wildman–Crippen MR) is 95.4 cm³/mol. The second kappa shape index (κ2) is 6.34. The number of sulfonamides is 1. The smallest absolute Gasteiger partial charge is 0.235 e. The van der Waals surface area contributed by atoms with Gasteiger partial charge in [0, 0.05) is 5.92 Å². The molecule has 1 atom stereocenters. The van der Waals surface area contributed by atoms with E-state index < -0.39 is 14.4 Å². The zero-order chi connectivity index (χ0) is 16.5. The van der Waals surface area contributed by atoms with Crippen LogP contribution in [-0.2, 0) is 16.6 Å². The SMILES string of the molecule is O=S(=O)(C[C@@H]1CC1(Cl)Cl)N(Cc1ccccc1)c1ccccc1. The van der Waals surface area contributed by atoms with Gasteiger partial charge in [0.05, 0.1) is 18.0 Å². The second-order valence-electron chi connectivity index (χ2n) is 5.77. The molecule has 0 radical (unpaired) electrons. The lowest BCUT2D eigenvalue weighted by molar-refractivity contribution is 0.586. The Bertz CT molecular complexity index is 764. The van der Waals surface area contributed by atoms with E-state index in [0.29, 0.717) is 12.1 Å². The van der Waals surface area contributed by atoms with Crippen LogP contribution >= 0.6 is 23.2 Å². The molecular weight excluding hydrogens is 353 g/mol. The van der Waals surface area contributed by atoms with Crippen LogP contribution < -0.4 is 4.31 Å². The number of alkyl halides is 2. The number of hydrogen-bond acceptors (Lipinski definition) is 2. The number of para-hydroxylation sites is 1. The van der Waals surface area contributed by atoms with E-state index >= 15 is 0 Å². The van der Waals surface area contributed by atoms with E-state index in [2.05, 4.69) is 0 Å². The molecule has 1 fully saturated rings. The number of benzene rings is 2. The van der Waals surface area contributed by atoms with Crippen molar-refractivity contribution < 1.29 is 8.42 Å². The maximum Gasteiger partial charge on any atom is 0.235 e. The molecule has 1 saturated carbocycles. The minimum absolute atomic E-state index is 0.0400. The molecule has 0 bridgehead atoms. The molecule has 23 heavy (non-hydrogen) atoms. The van der Waals surface area contributed by atoms with Gasteiger partial charge in [-0.2, -0.15) is 0 Å². The Morgan fingerprint density at radius 3 is 2.04 bits per heavy atom. The third-order valence-electron chi connectivity index (χ3n) is 3.92. The summed E-state index contributed by atoms with van der Waals surface area (Å²) in [6.07, 6.45) is 0.517. The zero-order valence-electron chi connectivity index (χ0n) is 12.4. The molecular formula is C17H17Cl2NO2S. The Hall–Kier alpha value is -1.23. The Balaban J connectivity index is 1.89. The number of rotatable bonds is 6. The van der Waals surface area contributed by atoms with Gasteiger partial charge < -0.3 is 0 Å². The maximum absolute atomic E-state index is 12.9. The van der Waals surface area contributed by atoms with E-state index in [-0.39, 0.29) is 18.2 Å². The maximum atomic E-state index is 12.9. The van der Waals surface area contributed by atoms with Crippen molar-refractivity contribution in [2.24, 2.45) is 5.92 Å². The fraction of sp³-hybridized carbons (Fsp3) is 0.294. The van der Waals surface area contributed by atoms with Crippen LogP contribution in [0.1, 0.15) is 12.0 Å². The summed E-state index contributed by atoms with van der Waals surface area (Å²) in [5.74, 6) is -0.250. The molecule has 6 heteroatoms. The quantitative estimate of drug-likeness (QED) is 0.714. The highest BCUT2D eigenvalue weighted by Crippen LogP contribution is 2.53. The molecule has 1 aliphatic carbocycles. The largest absolute Gasteiger partial charge is 0.266 e. The van der Waals surface area contributed by atoms with E-state index in [4.69, 9.17) is 23.2 Å². The van der Waals surface area contributed by atoms with Gasteiger partial charge in [0.15, 0.2) is 0 Å². The number of anilines is 1. The van der Waals surface area contributed by atoms with Crippen LogP contribution in [0.5, 0.6) is 0 Å². The first-order valence-corrected chi connectivity index (χ1v) is 9.72. The van der Waals surface area contributed by atoms with Crippen LogP contribution in [0.2, 0.25) is 0 Å². The fourth-order valence-corrected chi connectivity index (χ4v) is 5.08.